The molecule has 3 atom stereocenters. The van der Waals surface area contributed by atoms with Crippen molar-refractivity contribution >= 4 is 22.7 Å². The molecule has 0 fully saturated rings. The summed E-state index contributed by atoms with van der Waals surface area (Å²) in [6, 6.07) is 0. The van der Waals surface area contributed by atoms with Gasteiger partial charge >= 0.3 is 5.97 Å². The van der Waals surface area contributed by atoms with Crippen LogP contribution in [0.15, 0.2) is 0 Å². The number of hydrogen-bond donors (Lipinski definition) is 2. The molecule has 0 saturated carbocycles. The number of hydrogen-bond acceptors (Lipinski definition) is 4. The van der Waals surface area contributed by atoms with Crippen LogP contribution in [0.3, 0.4) is 0 Å². The van der Waals surface area contributed by atoms with Gasteiger partial charge in [-0.15, -0.1) is 0 Å². The number of amides is 1. The van der Waals surface area contributed by atoms with Gasteiger partial charge in [-0.05, 0) is 12.8 Å². The van der Waals surface area contributed by atoms with Gasteiger partial charge in [0.15, 0.2) is 0 Å². The predicted molar refractivity (Wildman–Crippen MR) is 68.8 cm³/mol. The maximum absolute atomic E-state index is 12.0. The quantitative estimate of drug-likeness (QED) is 0.610. The van der Waals surface area contributed by atoms with Crippen molar-refractivity contribution in [1.82, 2.24) is 5.32 Å². The van der Waals surface area contributed by atoms with Crippen LogP contribution < -0.4 is 5.32 Å². The number of ether oxygens (including phenoxy) is 1. The third-order valence-corrected chi connectivity index (χ3v) is 4.58. The topological polar surface area (TPSA) is 92.7 Å². The SMILES string of the molecule is COCCNC(=O)C(C)S(=O)C(C(=O)O)C(C)C. The number of carboxylic acids is 1. The second kappa shape index (κ2) is 8.20. The van der Waals surface area contributed by atoms with Crippen molar-refractivity contribution in [2.24, 2.45) is 5.92 Å². The highest BCUT2D eigenvalue weighted by atomic mass is 32.2. The van der Waals surface area contributed by atoms with Crippen molar-refractivity contribution in [3.05, 3.63) is 0 Å². The molecule has 0 aromatic rings. The van der Waals surface area contributed by atoms with Crippen LogP contribution in [0, 0.1) is 5.92 Å². The molecule has 0 aliphatic carbocycles. The van der Waals surface area contributed by atoms with Crippen LogP contribution in [-0.4, -0.2) is 52.0 Å². The molecule has 6 nitrogen and oxygen atoms in total. The van der Waals surface area contributed by atoms with E-state index in [4.69, 9.17) is 9.84 Å². The fourth-order valence-electron chi connectivity index (χ4n) is 1.40. The first-order chi connectivity index (χ1) is 8.32. The molecule has 106 valence electrons. The van der Waals surface area contributed by atoms with Crippen LogP contribution in [0.2, 0.25) is 0 Å². The molecule has 0 radical (unpaired) electrons. The zero-order valence-electron chi connectivity index (χ0n) is 11.1. The molecule has 1 amide bonds. The summed E-state index contributed by atoms with van der Waals surface area (Å²) in [5.74, 6) is -1.85. The monoisotopic (exact) mass is 279 g/mol. The van der Waals surface area contributed by atoms with Crippen molar-refractivity contribution in [3.8, 4) is 0 Å². The molecule has 0 saturated heterocycles. The summed E-state index contributed by atoms with van der Waals surface area (Å²) in [5, 5.41) is 9.67. The van der Waals surface area contributed by atoms with Crippen LogP contribution in [0.1, 0.15) is 20.8 Å². The van der Waals surface area contributed by atoms with Gasteiger partial charge in [-0.2, -0.15) is 0 Å². The Morgan fingerprint density at radius 1 is 1.33 bits per heavy atom. The Kier molecular flexibility index (Phi) is 7.77. The van der Waals surface area contributed by atoms with E-state index in [1.54, 1.807) is 13.8 Å². The lowest BCUT2D eigenvalue weighted by Gasteiger charge is -2.20. The van der Waals surface area contributed by atoms with Crippen molar-refractivity contribution in [2.45, 2.75) is 31.3 Å². The maximum atomic E-state index is 12.0. The van der Waals surface area contributed by atoms with Gasteiger partial charge in [0.2, 0.25) is 5.91 Å². The molecule has 0 aromatic heterocycles. The lowest BCUT2D eigenvalue weighted by Crippen LogP contribution is -2.43. The smallest absolute Gasteiger partial charge is 0.319 e. The molecular formula is C11H21NO5S. The fourth-order valence-corrected chi connectivity index (χ4v) is 2.87. The standard InChI is InChI=1S/C11H21NO5S/c1-7(2)9(11(14)15)18(16)8(3)10(13)12-5-6-17-4/h7-9H,5-6H2,1-4H3,(H,12,13)(H,14,15). The molecule has 0 aliphatic rings. The van der Waals surface area contributed by atoms with Crippen LogP contribution in [-0.2, 0) is 25.1 Å². The summed E-state index contributed by atoms with van der Waals surface area (Å²) in [6.07, 6.45) is 0. The number of methoxy groups -OCH3 is 1. The van der Waals surface area contributed by atoms with Crippen molar-refractivity contribution in [1.29, 1.82) is 0 Å². The Hall–Kier alpha value is -0.950. The van der Waals surface area contributed by atoms with Crippen LogP contribution >= 0.6 is 0 Å². The Morgan fingerprint density at radius 2 is 1.89 bits per heavy atom. The Bertz CT molecular complexity index is 319. The average Bonchev–Trinajstić information content (AvgIpc) is 2.27. The van der Waals surface area contributed by atoms with E-state index in [9.17, 15) is 13.8 Å². The van der Waals surface area contributed by atoms with E-state index in [1.165, 1.54) is 14.0 Å². The molecular weight excluding hydrogens is 258 g/mol. The van der Waals surface area contributed by atoms with Gasteiger partial charge in [0, 0.05) is 24.5 Å². The predicted octanol–water partition coefficient (Wildman–Crippen LogP) is -0.00460. The summed E-state index contributed by atoms with van der Waals surface area (Å²) < 4.78 is 16.8. The lowest BCUT2D eigenvalue weighted by atomic mass is 10.1. The molecule has 2 N–H and O–H groups in total. The van der Waals surface area contributed by atoms with Gasteiger partial charge in [-0.3, -0.25) is 13.8 Å². The first kappa shape index (κ1) is 17.1. The normalized spacial score (nSPS) is 16.1. The van der Waals surface area contributed by atoms with Gasteiger partial charge in [-0.25, -0.2) is 0 Å². The molecule has 0 spiro atoms. The zero-order valence-corrected chi connectivity index (χ0v) is 12.0. The fraction of sp³-hybridized carbons (Fsp3) is 0.818. The lowest BCUT2D eigenvalue weighted by molar-refractivity contribution is -0.137. The third-order valence-electron chi connectivity index (χ3n) is 2.42. The van der Waals surface area contributed by atoms with Crippen LogP contribution in [0.4, 0.5) is 0 Å². The minimum absolute atomic E-state index is 0.294. The summed E-state index contributed by atoms with van der Waals surface area (Å²) in [4.78, 5) is 22.7. The largest absolute Gasteiger partial charge is 0.480 e. The maximum Gasteiger partial charge on any atom is 0.319 e. The number of aliphatic carboxylic acids is 1. The van der Waals surface area contributed by atoms with Gasteiger partial charge < -0.3 is 15.2 Å². The van der Waals surface area contributed by atoms with E-state index >= 15 is 0 Å². The van der Waals surface area contributed by atoms with E-state index in [-0.39, 0.29) is 5.92 Å². The molecule has 0 bridgehead atoms. The number of nitrogens with one attached hydrogen (secondary N) is 1. The van der Waals surface area contributed by atoms with Crippen molar-refractivity contribution < 1.29 is 23.6 Å². The summed E-state index contributed by atoms with van der Waals surface area (Å²) in [5.41, 5.74) is 0. The second-order valence-electron chi connectivity index (χ2n) is 4.26. The van der Waals surface area contributed by atoms with Crippen molar-refractivity contribution in [3.63, 3.8) is 0 Å². The highest BCUT2D eigenvalue weighted by molar-refractivity contribution is 7.87. The van der Waals surface area contributed by atoms with Gasteiger partial charge in [0.25, 0.3) is 0 Å². The first-order valence-electron chi connectivity index (χ1n) is 5.71. The first-order valence-corrected chi connectivity index (χ1v) is 6.99. The van der Waals surface area contributed by atoms with E-state index in [1.807, 2.05) is 0 Å². The Balaban J connectivity index is 4.56. The van der Waals surface area contributed by atoms with E-state index in [0.29, 0.717) is 13.2 Å². The minimum Gasteiger partial charge on any atom is -0.480 e. The van der Waals surface area contributed by atoms with E-state index in [2.05, 4.69) is 5.32 Å². The van der Waals surface area contributed by atoms with Crippen LogP contribution in [0.25, 0.3) is 0 Å². The van der Waals surface area contributed by atoms with Gasteiger partial charge in [0.05, 0.1) is 6.61 Å². The number of carbonyl (C=O) groups is 2. The Morgan fingerprint density at radius 3 is 2.28 bits per heavy atom. The number of rotatable bonds is 8. The van der Waals surface area contributed by atoms with E-state index in [0.717, 1.165) is 0 Å². The van der Waals surface area contributed by atoms with E-state index < -0.39 is 33.2 Å². The Labute approximate surface area is 110 Å². The van der Waals surface area contributed by atoms with Crippen molar-refractivity contribution in [2.75, 3.05) is 20.3 Å². The number of carboxylic acid groups (broad SMARTS) is 1. The summed E-state index contributed by atoms with van der Waals surface area (Å²) >= 11 is 0. The van der Waals surface area contributed by atoms with Crippen LogP contribution in [0.5, 0.6) is 0 Å². The zero-order chi connectivity index (χ0) is 14.3. The second-order valence-corrected chi connectivity index (χ2v) is 6.13. The third kappa shape index (κ3) is 5.14. The number of carbonyl (C=O) groups excluding carboxylic acids is 1. The summed E-state index contributed by atoms with van der Waals surface area (Å²) in [6.45, 7) is 5.49. The molecule has 0 rings (SSSR count). The highest BCUT2D eigenvalue weighted by Crippen LogP contribution is 2.14. The highest BCUT2D eigenvalue weighted by Gasteiger charge is 2.34. The molecule has 0 heterocycles. The van der Waals surface area contributed by atoms with Gasteiger partial charge in [-0.1, -0.05) is 13.8 Å². The molecule has 7 heteroatoms. The van der Waals surface area contributed by atoms with Gasteiger partial charge in [0.1, 0.15) is 10.5 Å². The molecule has 18 heavy (non-hydrogen) atoms. The summed E-state index contributed by atoms with van der Waals surface area (Å²) in [7, 11) is -0.244. The molecule has 0 aromatic carbocycles. The average molecular weight is 279 g/mol. The molecule has 3 unspecified atom stereocenters. The molecule has 0 aliphatic heterocycles. The minimum atomic E-state index is -1.75.